The molecular formula is C23H21N7O2. The summed E-state index contributed by atoms with van der Waals surface area (Å²) in [7, 11) is 0. The number of anilines is 1. The van der Waals surface area contributed by atoms with Gasteiger partial charge < -0.3 is 16.0 Å². The molecule has 4 N–H and O–H groups in total. The molecule has 160 valence electrons. The number of nitrogens with two attached hydrogens (primary N) is 1. The van der Waals surface area contributed by atoms with Gasteiger partial charge in [-0.1, -0.05) is 24.3 Å². The molecule has 2 heterocycles. The fourth-order valence-corrected chi connectivity index (χ4v) is 3.52. The van der Waals surface area contributed by atoms with Crippen LogP contribution in [-0.2, 0) is 0 Å². The maximum absolute atomic E-state index is 13.2. The summed E-state index contributed by atoms with van der Waals surface area (Å²) in [6, 6.07) is 12.7. The van der Waals surface area contributed by atoms with Crippen molar-refractivity contribution < 1.29 is 9.59 Å². The molecule has 2 aromatic heterocycles. The first-order chi connectivity index (χ1) is 15.5. The Bertz CT molecular complexity index is 1320. The molecular weight excluding hydrogens is 406 g/mol. The summed E-state index contributed by atoms with van der Waals surface area (Å²) in [4.78, 5) is 32.8. The average Bonchev–Trinajstić information content (AvgIpc) is 3.29. The Hall–Kier alpha value is -4.27. The molecule has 1 saturated carbocycles. The van der Waals surface area contributed by atoms with E-state index in [0.29, 0.717) is 22.6 Å². The lowest BCUT2D eigenvalue weighted by atomic mass is 10.0. The summed E-state index contributed by atoms with van der Waals surface area (Å²) < 4.78 is 1.64. The number of ketones is 1. The standard InChI is InChI=1S/C23H21N7O2/c1-13-5-6-16(23(32)28-17-7-8-17)10-18(13)30-12-26-19(21(30)24)20(31)14-3-2-4-15(9-14)22-25-11-27-29-22/h2-6,9-12,17H,7-8,24H2,1H3,(H,28,32)(H,25,27,29). The van der Waals surface area contributed by atoms with Crippen molar-refractivity contribution in [3.8, 4) is 17.1 Å². The van der Waals surface area contributed by atoms with Crippen LogP contribution in [0.25, 0.3) is 17.1 Å². The number of aromatic amines is 1. The normalized spacial score (nSPS) is 13.2. The largest absolute Gasteiger partial charge is 0.383 e. The fourth-order valence-electron chi connectivity index (χ4n) is 3.52. The number of amides is 1. The number of nitrogens with one attached hydrogen (secondary N) is 2. The van der Waals surface area contributed by atoms with E-state index < -0.39 is 0 Å². The number of aromatic nitrogens is 5. The van der Waals surface area contributed by atoms with Crippen molar-refractivity contribution in [1.82, 2.24) is 30.0 Å². The lowest BCUT2D eigenvalue weighted by Crippen LogP contribution is -2.25. The van der Waals surface area contributed by atoms with E-state index in [2.05, 4.69) is 25.5 Å². The first kappa shape index (κ1) is 19.7. The summed E-state index contributed by atoms with van der Waals surface area (Å²) in [6.45, 7) is 1.92. The van der Waals surface area contributed by atoms with Crippen LogP contribution in [0.2, 0.25) is 0 Å². The van der Waals surface area contributed by atoms with Crippen molar-refractivity contribution in [3.05, 3.63) is 77.5 Å². The third-order valence-electron chi connectivity index (χ3n) is 5.48. The van der Waals surface area contributed by atoms with E-state index in [4.69, 9.17) is 5.73 Å². The average molecular weight is 427 g/mol. The number of aryl methyl sites for hydroxylation is 1. The zero-order valence-electron chi connectivity index (χ0n) is 17.4. The molecule has 1 aliphatic carbocycles. The molecule has 0 spiro atoms. The van der Waals surface area contributed by atoms with E-state index in [9.17, 15) is 9.59 Å². The maximum Gasteiger partial charge on any atom is 0.251 e. The Balaban J connectivity index is 1.47. The number of imidazole rings is 1. The number of H-pyrrole nitrogens is 1. The van der Waals surface area contributed by atoms with Crippen LogP contribution in [0.3, 0.4) is 0 Å². The Morgan fingerprint density at radius 3 is 2.75 bits per heavy atom. The van der Waals surface area contributed by atoms with Crippen LogP contribution in [0.1, 0.15) is 44.8 Å². The number of nitrogens with zero attached hydrogens (tertiary/aromatic N) is 4. The second-order valence-electron chi connectivity index (χ2n) is 7.84. The van der Waals surface area contributed by atoms with Crippen molar-refractivity contribution in [2.24, 2.45) is 0 Å². The number of carbonyl (C=O) groups excluding carboxylic acids is 2. The number of benzene rings is 2. The molecule has 2 aromatic carbocycles. The number of hydrogen-bond acceptors (Lipinski definition) is 6. The quantitative estimate of drug-likeness (QED) is 0.405. The summed E-state index contributed by atoms with van der Waals surface area (Å²) >= 11 is 0. The molecule has 0 radical (unpaired) electrons. The van der Waals surface area contributed by atoms with E-state index in [1.165, 1.54) is 12.7 Å². The monoisotopic (exact) mass is 427 g/mol. The van der Waals surface area contributed by atoms with E-state index in [-0.39, 0.29) is 29.2 Å². The Morgan fingerprint density at radius 2 is 2.00 bits per heavy atom. The minimum atomic E-state index is -0.303. The van der Waals surface area contributed by atoms with Crippen LogP contribution in [0.5, 0.6) is 0 Å². The zero-order valence-corrected chi connectivity index (χ0v) is 17.4. The molecule has 9 nitrogen and oxygen atoms in total. The molecule has 32 heavy (non-hydrogen) atoms. The van der Waals surface area contributed by atoms with Gasteiger partial charge in [0.15, 0.2) is 11.5 Å². The van der Waals surface area contributed by atoms with Gasteiger partial charge in [-0.3, -0.25) is 14.2 Å². The number of rotatable bonds is 6. The van der Waals surface area contributed by atoms with Crippen molar-refractivity contribution in [2.75, 3.05) is 5.73 Å². The lowest BCUT2D eigenvalue weighted by Gasteiger charge is -2.12. The predicted molar refractivity (Wildman–Crippen MR) is 118 cm³/mol. The van der Waals surface area contributed by atoms with Gasteiger partial charge in [-0.25, -0.2) is 4.98 Å². The zero-order chi connectivity index (χ0) is 22.2. The van der Waals surface area contributed by atoms with Crippen LogP contribution in [0.4, 0.5) is 5.82 Å². The van der Waals surface area contributed by atoms with Crippen LogP contribution in [-0.4, -0.2) is 42.5 Å². The summed E-state index contributed by atoms with van der Waals surface area (Å²) in [6.07, 6.45) is 5.02. The Morgan fingerprint density at radius 1 is 1.16 bits per heavy atom. The highest BCUT2D eigenvalue weighted by Gasteiger charge is 2.24. The Labute approximate surface area is 183 Å². The van der Waals surface area contributed by atoms with Crippen molar-refractivity contribution in [2.45, 2.75) is 25.8 Å². The number of carbonyl (C=O) groups is 2. The van der Waals surface area contributed by atoms with Gasteiger partial charge in [-0.05, 0) is 43.5 Å². The van der Waals surface area contributed by atoms with Crippen LogP contribution < -0.4 is 11.1 Å². The molecule has 0 saturated heterocycles. The molecule has 1 fully saturated rings. The maximum atomic E-state index is 13.2. The molecule has 4 aromatic rings. The molecule has 0 unspecified atom stereocenters. The molecule has 0 bridgehead atoms. The first-order valence-corrected chi connectivity index (χ1v) is 10.3. The Kier molecular flexibility index (Phi) is 4.78. The SMILES string of the molecule is Cc1ccc(C(=O)NC2CC2)cc1-n1cnc(C(=O)c2cccc(-c3nnc[nH]3)c2)c1N. The first-order valence-electron chi connectivity index (χ1n) is 10.3. The molecule has 9 heteroatoms. The smallest absolute Gasteiger partial charge is 0.251 e. The number of hydrogen-bond donors (Lipinski definition) is 3. The van der Waals surface area contributed by atoms with Gasteiger partial charge in [0, 0.05) is 22.7 Å². The van der Waals surface area contributed by atoms with Gasteiger partial charge in [0.25, 0.3) is 5.91 Å². The van der Waals surface area contributed by atoms with Gasteiger partial charge in [-0.15, -0.1) is 10.2 Å². The van der Waals surface area contributed by atoms with E-state index in [1.807, 2.05) is 19.1 Å². The summed E-state index contributed by atoms with van der Waals surface area (Å²) in [5, 5.41) is 10.7. The molecule has 1 amide bonds. The highest BCUT2D eigenvalue weighted by Crippen LogP contribution is 2.25. The minimum Gasteiger partial charge on any atom is -0.383 e. The molecule has 0 aliphatic heterocycles. The minimum absolute atomic E-state index is 0.118. The van der Waals surface area contributed by atoms with Gasteiger partial charge in [-0.2, -0.15) is 0 Å². The highest BCUT2D eigenvalue weighted by molar-refractivity contribution is 6.11. The van der Waals surface area contributed by atoms with Crippen molar-refractivity contribution in [1.29, 1.82) is 0 Å². The topological polar surface area (TPSA) is 132 Å². The molecule has 0 atom stereocenters. The molecule has 5 rings (SSSR count). The van der Waals surface area contributed by atoms with Crippen LogP contribution >= 0.6 is 0 Å². The fraction of sp³-hybridized carbons (Fsp3) is 0.174. The van der Waals surface area contributed by atoms with Crippen molar-refractivity contribution in [3.63, 3.8) is 0 Å². The van der Waals surface area contributed by atoms with E-state index >= 15 is 0 Å². The van der Waals surface area contributed by atoms with Gasteiger partial charge in [0.2, 0.25) is 5.78 Å². The highest BCUT2D eigenvalue weighted by atomic mass is 16.1. The van der Waals surface area contributed by atoms with Gasteiger partial charge >= 0.3 is 0 Å². The third-order valence-corrected chi connectivity index (χ3v) is 5.48. The van der Waals surface area contributed by atoms with Gasteiger partial charge in [0.05, 0.1) is 5.69 Å². The van der Waals surface area contributed by atoms with E-state index in [0.717, 1.165) is 24.0 Å². The summed E-state index contributed by atoms with van der Waals surface area (Å²) in [5.41, 5.74) is 9.80. The molecule has 1 aliphatic rings. The number of nitrogen functional groups attached to an aromatic ring is 1. The van der Waals surface area contributed by atoms with Crippen LogP contribution in [0.15, 0.2) is 55.1 Å². The van der Waals surface area contributed by atoms with Gasteiger partial charge in [0.1, 0.15) is 18.5 Å². The third kappa shape index (κ3) is 3.64. The van der Waals surface area contributed by atoms with Crippen LogP contribution in [0, 0.1) is 6.92 Å². The summed E-state index contributed by atoms with van der Waals surface area (Å²) in [5.74, 6) is 0.355. The predicted octanol–water partition coefficient (Wildman–Crippen LogP) is 2.67. The second kappa shape index (κ2) is 7.77. The van der Waals surface area contributed by atoms with Crippen molar-refractivity contribution >= 4 is 17.5 Å². The van der Waals surface area contributed by atoms with E-state index in [1.54, 1.807) is 34.9 Å². The lowest BCUT2D eigenvalue weighted by molar-refractivity contribution is 0.0950. The second-order valence-corrected chi connectivity index (χ2v) is 7.84.